The van der Waals surface area contributed by atoms with Crippen LogP contribution in [-0.2, 0) is 20.1 Å². The maximum Gasteiger partial charge on any atom is 0.0587 e. The first-order valence-corrected chi connectivity index (χ1v) is 1.45. The zero-order chi connectivity index (χ0) is 5.41. The fourth-order valence-corrected chi connectivity index (χ4v) is 0. The Kier molecular flexibility index (Phi) is 535. The second-order valence-corrected chi connectivity index (χ2v) is 0.447. The van der Waals surface area contributed by atoms with Gasteiger partial charge in [-0.3, -0.25) is 0 Å². The first kappa shape index (κ1) is 38.1. The maximum absolute atomic E-state index is 7.32. The van der Waals surface area contributed by atoms with Gasteiger partial charge in [-0.05, 0) is 0 Å². The summed E-state index contributed by atoms with van der Waals surface area (Å²) >= 11 is 0. The van der Waals surface area contributed by atoms with Gasteiger partial charge < -0.3 is 14.9 Å². The predicted molar refractivity (Wildman–Crippen MR) is 35.4 cm³/mol. The molecule has 9 heavy (non-hydrogen) atoms. The Morgan fingerprint density at radius 1 is 0.889 bits per heavy atom. The molecule has 0 bridgehead atoms. The van der Waals surface area contributed by atoms with Gasteiger partial charge in [0.1, 0.15) is 0 Å². The van der Waals surface area contributed by atoms with Gasteiger partial charge in [-0.2, -0.15) is 10.5 Å². The van der Waals surface area contributed by atoms with E-state index < -0.39 is 0 Å². The maximum atomic E-state index is 7.32. The van der Waals surface area contributed by atoms with Gasteiger partial charge in [0, 0.05) is 34.0 Å². The molecule has 3 heteroatoms. The summed E-state index contributed by atoms with van der Waals surface area (Å²) < 4.78 is 0. The topological polar surface area (TPSA) is 47.6 Å². The molecule has 0 aliphatic heterocycles. The summed E-state index contributed by atoms with van der Waals surface area (Å²) in [6.07, 6.45) is 0. The predicted octanol–water partition coefficient (Wildman–Crippen LogP) is 1.96. The summed E-state index contributed by atoms with van der Waals surface area (Å²) in [5.74, 6) is 0. The van der Waals surface area contributed by atoms with Gasteiger partial charge in [0.2, 0.25) is 0 Å². The van der Waals surface area contributed by atoms with Crippen molar-refractivity contribution in [3.63, 3.8) is 0 Å². The van der Waals surface area contributed by atoms with Crippen molar-refractivity contribution in [1.29, 1.82) is 10.5 Å². The molecule has 0 saturated heterocycles. The Labute approximate surface area is 71.8 Å². The average molecular weight is 304 g/mol. The van der Waals surface area contributed by atoms with Crippen molar-refractivity contribution in [3.05, 3.63) is 14.9 Å². The van der Waals surface area contributed by atoms with E-state index in [9.17, 15) is 0 Å². The van der Waals surface area contributed by atoms with Crippen LogP contribution in [0.1, 0.15) is 13.8 Å². The van der Waals surface area contributed by atoms with Crippen molar-refractivity contribution in [2.24, 2.45) is 0 Å². The summed E-state index contributed by atoms with van der Waals surface area (Å²) in [6, 6.07) is 3.50. The zero-order valence-electron chi connectivity index (χ0n) is 6.23. The normalized spacial score (nSPS) is 1.78. The fraction of sp³-hybridized carbons (Fsp3) is 0.333. The van der Waals surface area contributed by atoms with Crippen LogP contribution in [0.25, 0.3) is 0 Å². The molecule has 0 aromatic rings. The van der Waals surface area contributed by atoms with E-state index in [1.807, 2.05) is 0 Å². The zero-order valence-corrected chi connectivity index (χ0v) is 8.62. The molecule has 1 radical (unpaired) electrons. The SMILES string of the molecule is CC#N.CC#N.[CH3-].[CH3-].[Ir]. The summed E-state index contributed by atoms with van der Waals surface area (Å²) in [4.78, 5) is 0. The molecule has 0 amide bonds. The molecule has 0 rings (SSSR count). The quantitative estimate of drug-likeness (QED) is 0.642. The van der Waals surface area contributed by atoms with Crippen molar-refractivity contribution in [3.8, 4) is 12.1 Å². The molecule has 0 fully saturated rings. The number of nitriles is 2. The average Bonchev–Trinajstić information content (AvgIpc) is 1.39. The van der Waals surface area contributed by atoms with Crippen LogP contribution in [0.5, 0.6) is 0 Å². The van der Waals surface area contributed by atoms with Crippen LogP contribution in [0, 0.1) is 37.5 Å². The van der Waals surface area contributed by atoms with Crippen molar-refractivity contribution >= 4 is 0 Å². The molecule has 0 saturated carbocycles. The molecule has 2 nitrogen and oxygen atoms in total. The molecule has 0 aliphatic rings. The molecule has 0 N–H and O–H groups in total. The Hall–Kier alpha value is -0.371. The number of hydrogen-bond acceptors (Lipinski definition) is 2. The Balaban J connectivity index is -0.00000000889. The first-order chi connectivity index (χ1) is 2.83. The molecule has 0 aromatic heterocycles. The first-order valence-electron chi connectivity index (χ1n) is 1.45. The van der Waals surface area contributed by atoms with Gasteiger partial charge >= 0.3 is 0 Å². The fourth-order valence-electron chi connectivity index (χ4n) is 0. The molecule has 0 aliphatic carbocycles. The monoisotopic (exact) mass is 305 g/mol. The summed E-state index contributed by atoms with van der Waals surface area (Å²) in [7, 11) is 0. The van der Waals surface area contributed by atoms with Crippen molar-refractivity contribution in [2.75, 3.05) is 0 Å². The number of hydrogen-bond donors (Lipinski definition) is 0. The van der Waals surface area contributed by atoms with Crippen LogP contribution in [0.3, 0.4) is 0 Å². The molecule has 0 spiro atoms. The summed E-state index contributed by atoms with van der Waals surface area (Å²) in [6.45, 7) is 2.86. The minimum Gasteiger partial charge on any atom is -0.358 e. The van der Waals surface area contributed by atoms with E-state index in [0.717, 1.165) is 0 Å². The molecule has 0 unspecified atom stereocenters. The van der Waals surface area contributed by atoms with Gasteiger partial charge in [-0.25, -0.2) is 0 Å². The number of nitrogens with zero attached hydrogens (tertiary/aromatic N) is 2. The van der Waals surface area contributed by atoms with E-state index in [1.165, 1.54) is 13.8 Å². The molecule has 0 atom stereocenters. The molecular weight excluding hydrogens is 292 g/mol. The van der Waals surface area contributed by atoms with Gasteiger partial charge in [0.15, 0.2) is 0 Å². The Morgan fingerprint density at radius 2 is 0.889 bits per heavy atom. The van der Waals surface area contributed by atoms with E-state index in [0.29, 0.717) is 0 Å². The largest absolute Gasteiger partial charge is 0.358 e. The second-order valence-electron chi connectivity index (χ2n) is 0.447. The smallest absolute Gasteiger partial charge is 0.0587 e. The van der Waals surface area contributed by atoms with Gasteiger partial charge in [0.05, 0.1) is 12.1 Å². The van der Waals surface area contributed by atoms with Gasteiger partial charge in [0.25, 0.3) is 0 Å². The van der Waals surface area contributed by atoms with Crippen LogP contribution < -0.4 is 0 Å². The minimum absolute atomic E-state index is 0. The third-order valence-corrected chi connectivity index (χ3v) is 0. The van der Waals surface area contributed by atoms with Crippen LogP contribution >= 0.6 is 0 Å². The van der Waals surface area contributed by atoms with Gasteiger partial charge in [-0.15, -0.1) is 0 Å². The van der Waals surface area contributed by atoms with Crippen molar-refractivity contribution < 1.29 is 20.1 Å². The Bertz CT molecular complexity index is 66.0. The van der Waals surface area contributed by atoms with E-state index in [1.54, 1.807) is 12.1 Å². The summed E-state index contributed by atoms with van der Waals surface area (Å²) in [5.41, 5.74) is 0. The van der Waals surface area contributed by atoms with E-state index in [4.69, 9.17) is 10.5 Å². The van der Waals surface area contributed by atoms with Crippen LogP contribution in [-0.4, -0.2) is 0 Å². The van der Waals surface area contributed by atoms with E-state index >= 15 is 0 Å². The third kappa shape index (κ3) is 1760. The molecule has 0 heterocycles. The van der Waals surface area contributed by atoms with Crippen LogP contribution in [0.15, 0.2) is 0 Å². The van der Waals surface area contributed by atoms with Crippen LogP contribution in [0.4, 0.5) is 0 Å². The molecule has 0 aromatic carbocycles. The van der Waals surface area contributed by atoms with Gasteiger partial charge in [-0.1, -0.05) is 0 Å². The van der Waals surface area contributed by atoms with Crippen molar-refractivity contribution in [1.82, 2.24) is 0 Å². The number of rotatable bonds is 0. The molecular formula is C6H12IrN2-2. The van der Waals surface area contributed by atoms with Crippen molar-refractivity contribution in [2.45, 2.75) is 13.8 Å². The minimum atomic E-state index is 0. The van der Waals surface area contributed by atoms with E-state index in [2.05, 4.69) is 0 Å². The standard InChI is InChI=1S/2C2H3N.2CH3.Ir/c2*1-2-3;;;/h2*1H3;2*1H3;/q;;2*-1;. The van der Waals surface area contributed by atoms with E-state index in [-0.39, 0.29) is 35.0 Å². The molecule has 57 valence electrons. The Morgan fingerprint density at radius 3 is 0.889 bits per heavy atom. The van der Waals surface area contributed by atoms with Crippen LogP contribution in [0.2, 0.25) is 0 Å². The summed E-state index contributed by atoms with van der Waals surface area (Å²) in [5, 5.41) is 14.6. The third-order valence-electron chi connectivity index (χ3n) is 0. The second kappa shape index (κ2) is 126.